The summed E-state index contributed by atoms with van der Waals surface area (Å²) in [5.74, 6) is 0.656. The Labute approximate surface area is 65.8 Å². The van der Waals surface area contributed by atoms with Gasteiger partial charge in [-0.2, -0.15) is 0 Å². The van der Waals surface area contributed by atoms with E-state index in [1.165, 1.54) is 11.8 Å². The lowest BCUT2D eigenvalue weighted by atomic mass is 10.1. The van der Waals surface area contributed by atoms with Gasteiger partial charge in [-0.25, -0.2) is 0 Å². The lowest BCUT2D eigenvalue weighted by Crippen LogP contribution is -2.19. The summed E-state index contributed by atoms with van der Waals surface area (Å²) in [7, 11) is 0. The van der Waals surface area contributed by atoms with Gasteiger partial charge in [-0.1, -0.05) is 32.0 Å². The summed E-state index contributed by atoms with van der Waals surface area (Å²) < 4.78 is 0. The van der Waals surface area contributed by atoms with Crippen LogP contribution in [0.4, 0.5) is 4.79 Å². The SMILES string of the molecule is CCC(C)C1CNC(=O)S1. The van der Waals surface area contributed by atoms with Crippen LogP contribution in [0, 0.1) is 5.92 Å². The average molecular weight is 159 g/mol. The number of carbonyl (C=O) groups is 1. The summed E-state index contributed by atoms with van der Waals surface area (Å²) in [6, 6.07) is 0. The molecule has 1 amide bonds. The Hall–Kier alpha value is -0.180. The summed E-state index contributed by atoms with van der Waals surface area (Å²) in [5, 5.41) is 3.46. The maximum Gasteiger partial charge on any atom is 0.279 e. The van der Waals surface area contributed by atoms with E-state index < -0.39 is 0 Å². The van der Waals surface area contributed by atoms with Gasteiger partial charge in [0.1, 0.15) is 0 Å². The largest absolute Gasteiger partial charge is 0.346 e. The second-order valence-electron chi connectivity index (χ2n) is 2.71. The van der Waals surface area contributed by atoms with Crippen LogP contribution in [0.2, 0.25) is 0 Å². The lowest BCUT2D eigenvalue weighted by Gasteiger charge is -2.12. The topological polar surface area (TPSA) is 29.1 Å². The van der Waals surface area contributed by atoms with Crippen LogP contribution in [0.1, 0.15) is 20.3 Å². The third-order valence-electron chi connectivity index (χ3n) is 1.98. The van der Waals surface area contributed by atoms with Crippen molar-refractivity contribution in [3.05, 3.63) is 0 Å². The fourth-order valence-electron chi connectivity index (χ4n) is 0.985. The summed E-state index contributed by atoms with van der Waals surface area (Å²) in [4.78, 5) is 10.7. The van der Waals surface area contributed by atoms with Gasteiger partial charge in [0.15, 0.2) is 0 Å². The van der Waals surface area contributed by atoms with Gasteiger partial charge < -0.3 is 5.32 Å². The Morgan fingerprint density at radius 3 is 3.00 bits per heavy atom. The first-order valence-corrected chi connectivity index (χ1v) is 4.56. The van der Waals surface area contributed by atoms with Gasteiger partial charge >= 0.3 is 0 Å². The van der Waals surface area contributed by atoms with E-state index in [0.29, 0.717) is 11.2 Å². The van der Waals surface area contributed by atoms with E-state index in [1.807, 2.05) is 0 Å². The number of hydrogen-bond donors (Lipinski definition) is 1. The first kappa shape index (κ1) is 7.92. The van der Waals surface area contributed by atoms with Crippen LogP contribution >= 0.6 is 11.8 Å². The first-order valence-electron chi connectivity index (χ1n) is 3.68. The van der Waals surface area contributed by atoms with E-state index in [-0.39, 0.29) is 5.24 Å². The van der Waals surface area contributed by atoms with Crippen molar-refractivity contribution in [2.45, 2.75) is 25.5 Å². The molecule has 3 heteroatoms. The Balaban J connectivity index is 2.36. The molecule has 0 bridgehead atoms. The molecule has 1 aliphatic heterocycles. The third-order valence-corrected chi connectivity index (χ3v) is 3.28. The Bertz CT molecular complexity index is 138. The molecule has 0 saturated carbocycles. The standard InChI is InChI=1S/C7H13NOS/c1-3-5(2)6-4-8-7(9)10-6/h5-6H,3-4H2,1-2H3,(H,8,9). The molecule has 2 unspecified atom stereocenters. The van der Waals surface area contributed by atoms with Crippen LogP contribution in [0.5, 0.6) is 0 Å². The van der Waals surface area contributed by atoms with Gasteiger partial charge in [-0.3, -0.25) is 4.79 Å². The molecule has 0 aromatic carbocycles. The van der Waals surface area contributed by atoms with Crippen LogP contribution in [0.15, 0.2) is 0 Å². The van der Waals surface area contributed by atoms with Gasteiger partial charge in [-0.05, 0) is 5.92 Å². The third kappa shape index (κ3) is 1.66. The molecule has 1 aliphatic rings. The van der Waals surface area contributed by atoms with Crippen molar-refractivity contribution in [3.63, 3.8) is 0 Å². The van der Waals surface area contributed by atoms with Crippen molar-refractivity contribution < 1.29 is 4.79 Å². The number of rotatable bonds is 2. The van der Waals surface area contributed by atoms with Crippen LogP contribution in [-0.4, -0.2) is 17.0 Å². The Morgan fingerprint density at radius 1 is 1.90 bits per heavy atom. The smallest absolute Gasteiger partial charge is 0.279 e. The summed E-state index contributed by atoms with van der Waals surface area (Å²) in [6.07, 6.45) is 1.16. The highest BCUT2D eigenvalue weighted by Gasteiger charge is 2.25. The molecule has 0 radical (unpaired) electrons. The van der Waals surface area contributed by atoms with Gasteiger partial charge in [0, 0.05) is 11.8 Å². The zero-order chi connectivity index (χ0) is 7.56. The molecule has 1 N–H and O–H groups in total. The predicted octanol–water partition coefficient (Wildman–Crippen LogP) is 1.86. The molecule has 0 aromatic heterocycles. The second-order valence-corrected chi connectivity index (χ2v) is 3.92. The fourth-order valence-corrected chi connectivity index (χ4v) is 2.02. The van der Waals surface area contributed by atoms with Crippen molar-refractivity contribution in [1.82, 2.24) is 5.32 Å². The van der Waals surface area contributed by atoms with Crippen molar-refractivity contribution >= 4 is 17.0 Å². The van der Waals surface area contributed by atoms with Crippen molar-refractivity contribution in [3.8, 4) is 0 Å². The quantitative estimate of drug-likeness (QED) is 0.666. The Morgan fingerprint density at radius 2 is 2.60 bits per heavy atom. The highest BCUT2D eigenvalue weighted by molar-refractivity contribution is 8.14. The van der Waals surface area contributed by atoms with E-state index >= 15 is 0 Å². The highest BCUT2D eigenvalue weighted by atomic mass is 32.2. The van der Waals surface area contributed by atoms with Gasteiger partial charge in [-0.15, -0.1) is 0 Å². The molecule has 0 spiro atoms. The Kier molecular flexibility index (Phi) is 2.60. The van der Waals surface area contributed by atoms with E-state index in [0.717, 1.165) is 13.0 Å². The van der Waals surface area contributed by atoms with E-state index in [4.69, 9.17) is 0 Å². The molecular formula is C7H13NOS. The minimum atomic E-state index is 0.144. The van der Waals surface area contributed by atoms with Crippen molar-refractivity contribution in [2.24, 2.45) is 5.92 Å². The maximum absolute atomic E-state index is 10.7. The number of carbonyl (C=O) groups excluding carboxylic acids is 1. The zero-order valence-electron chi connectivity index (χ0n) is 6.39. The average Bonchev–Trinajstić information content (AvgIpc) is 2.34. The van der Waals surface area contributed by atoms with Crippen molar-refractivity contribution in [2.75, 3.05) is 6.54 Å². The van der Waals surface area contributed by atoms with Gasteiger partial charge in [0.05, 0.1) is 0 Å². The molecule has 0 aliphatic carbocycles. The molecule has 2 nitrogen and oxygen atoms in total. The molecule has 58 valence electrons. The zero-order valence-corrected chi connectivity index (χ0v) is 7.20. The molecule has 10 heavy (non-hydrogen) atoms. The molecule has 2 atom stereocenters. The molecule has 0 aromatic rings. The maximum atomic E-state index is 10.7. The predicted molar refractivity (Wildman–Crippen MR) is 44.2 cm³/mol. The number of hydrogen-bond acceptors (Lipinski definition) is 2. The monoisotopic (exact) mass is 159 g/mol. The molecule has 1 heterocycles. The normalized spacial score (nSPS) is 28.2. The summed E-state index contributed by atoms with van der Waals surface area (Å²) in [6.45, 7) is 5.21. The number of amides is 1. The van der Waals surface area contributed by atoms with Gasteiger partial charge in [0.25, 0.3) is 5.24 Å². The van der Waals surface area contributed by atoms with E-state index in [9.17, 15) is 4.79 Å². The molecule has 1 saturated heterocycles. The summed E-state index contributed by atoms with van der Waals surface area (Å²) >= 11 is 1.45. The van der Waals surface area contributed by atoms with Crippen LogP contribution in [0.25, 0.3) is 0 Å². The summed E-state index contributed by atoms with van der Waals surface area (Å²) in [5.41, 5.74) is 0. The highest BCUT2D eigenvalue weighted by Crippen LogP contribution is 2.26. The first-order chi connectivity index (χ1) is 4.74. The van der Waals surface area contributed by atoms with E-state index in [1.54, 1.807) is 0 Å². The second kappa shape index (κ2) is 3.28. The molecular weight excluding hydrogens is 146 g/mol. The van der Waals surface area contributed by atoms with Crippen LogP contribution in [0.3, 0.4) is 0 Å². The van der Waals surface area contributed by atoms with Gasteiger partial charge in [0.2, 0.25) is 0 Å². The minimum absolute atomic E-state index is 0.144. The van der Waals surface area contributed by atoms with Crippen LogP contribution < -0.4 is 5.32 Å². The van der Waals surface area contributed by atoms with Crippen LogP contribution in [-0.2, 0) is 0 Å². The number of thioether (sulfide) groups is 1. The molecule has 1 rings (SSSR count). The van der Waals surface area contributed by atoms with E-state index in [2.05, 4.69) is 19.2 Å². The number of nitrogens with one attached hydrogen (secondary N) is 1. The lowest BCUT2D eigenvalue weighted by molar-refractivity contribution is 0.262. The van der Waals surface area contributed by atoms with Crippen molar-refractivity contribution in [1.29, 1.82) is 0 Å². The molecule has 1 fully saturated rings. The minimum Gasteiger partial charge on any atom is -0.346 e. The fraction of sp³-hybridized carbons (Fsp3) is 0.857.